The normalized spacial score (nSPS) is 16.3. The lowest BCUT2D eigenvalue weighted by molar-refractivity contribution is 0.279. The first-order valence-electron chi connectivity index (χ1n) is 8.73. The number of aromatic nitrogens is 1. The fraction of sp³-hybridized carbons (Fsp3) is 0.350. The number of nitrogens with zero attached hydrogens (tertiary/aromatic N) is 1. The first-order chi connectivity index (χ1) is 11.8. The van der Waals surface area contributed by atoms with Gasteiger partial charge in [-0.15, -0.1) is 0 Å². The highest BCUT2D eigenvalue weighted by Crippen LogP contribution is 2.28. The van der Waals surface area contributed by atoms with Gasteiger partial charge in [0.25, 0.3) is 0 Å². The predicted molar refractivity (Wildman–Crippen MR) is 102 cm³/mol. The molecule has 0 spiro atoms. The summed E-state index contributed by atoms with van der Waals surface area (Å²) in [6.45, 7) is 3.16. The van der Waals surface area contributed by atoms with Crippen molar-refractivity contribution in [2.75, 3.05) is 13.1 Å². The molecule has 1 N–H and O–H groups in total. The fourth-order valence-corrected chi connectivity index (χ4v) is 4.44. The van der Waals surface area contributed by atoms with Gasteiger partial charge in [0.05, 0.1) is 5.69 Å². The van der Waals surface area contributed by atoms with Crippen molar-refractivity contribution < 1.29 is 0 Å². The maximum absolute atomic E-state index is 12.0. The Bertz CT molecular complexity index is 888. The molecule has 1 aromatic heterocycles. The quantitative estimate of drug-likeness (QED) is 0.755. The van der Waals surface area contributed by atoms with Gasteiger partial charge in [-0.3, -0.25) is 9.69 Å². The topological polar surface area (TPSA) is 36.1 Å². The molecule has 2 heterocycles. The van der Waals surface area contributed by atoms with Crippen LogP contribution in [-0.4, -0.2) is 23.0 Å². The molecule has 1 aliphatic rings. The molecule has 0 radical (unpaired) electrons. The zero-order valence-electron chi connectivity index (χ0n) is 13.8. The summed E-state index contributed by atoms with van der Waals surface area (Å²) < 4.78 is 0. The smallest absolute Gasteiger partial charge is 0.305 e. The van der Waals surface area contributed by atoms with Gasteiger partial charge < -0.3 is 4.98 Å². The number of thiazole rings is 1. The van der Waals surface area contributed by atoms with Crippen molar-refractivity contribution >= 4 is 22.1 Å². The Kier molecular flexibility index (Phi) is 4.50. The second-order valence-corrected chi connectivity index (χ2v) is 7.63. The van der Waals surface area contributed by atoms with Crippen molar-refractivity contribution in [1.29, 1.82) is 0 Å². The Hall–Kier alpha value is -1.91. The molecule has 2 aromatic carbocycles. The number of benzene rings is 2. The molecule has 1 fully saturated rings. The third kappa shape index (κ3) is 3.30. The summed E-state index contributed by atoms with van der Waals surface area (Å²) >= 11 is 1.36. The fourth-order valence-electron chi connectivity index (χ4n) is 3.55. The van der Waals surface area contributed by atoms with E-state index in [4.69, 9.17) is 0 Å². The number of fused-ring (bicyclic) bond motifs is 1. The third-order valence-electron chi connectivity index (χ3n) is 4.83. The second kappa shape index (κ2) is 6.91. The van der Waals surface area contributed by atoms with E-state index in [1.54, 1.807) is 0 Å². The lowest BCUT2D eigenvalue weighted by atomic mass is 10.0. The molecule has 0 amide bonds. The lowest BCUT2D eigenvalue weighted by Gasteiger charge is -2.19. The Labute approximate surface area is 146 Å². The number of H-pyrrole nitrogens is 1. The van der Waals surface area contributed by atoms with Crippen LogP contribution in [0.25, 0.3) is 22.0 Å². The molecule has 4 rings (SSSR count). The van der Waals surface area contributed by atoms with Crippen LogP contribution in [0.2, 0.25) is 0 Å². The van der Waals surface area contributed by atoms with Crippen LogP contribution in [-0.2, 0) is 6.54 Å². The summed E-state index contributed by atoms with van der Waals surface area (Å²) in [4.78, 5) is 18.8. The second-order valence-electron chi connectivity index (χ2n) is 6.56. The van der Waals surface area contributed by atoms with Crippen LogP contribution < -0.4 is 4.87 Å². The van der Waals surface area contributed by atoms with Gasteiger partial charge in [-0.05, 0) is 48.3 Å². The SMILES string of the molecule is O=c1[nH]c(-c2ccc3ccccc3c2)c(CN2CCCCCC2)s1. The Morgan fingerprint density at radius 2 is 1.71 bits per heavy atom. The van der Waals surface area contributed by atoms with Gasteiger partial charge >= 0.3 is 4.87 Å². The number of nitrogens with one attached hydrogen (secondary N) is 1. The summed E-state index contributed by atoms with van der Waals surface area (Å²) in [5, 5.41) is 2.44. The van der Waals surface area contributed by atoms with E-state index >= 15 is 0 Å². The van der Waals surface area contributed by atoms with E-state index in [0.29, 0.717) is 0 Å². The zero-order chi connectivity index (χ0) is 16.4. The minimum atomic E-state index is 0.0444. The van der Waals surface area contributed by atoms with Crippen molar-refractivity contribution in [3.63, 3.8) is 0 Å². The molecule has 4 heteroatoms. The minimum Gasteiger partial charge on any atom is -0.312 e. The third-order valence-corrected chi connectivity index (χ3v) is 5.69. The van der Waals surface area contributed by atoms with E-state index in [1.165, 1.54) is 47.8 Å². The molecule has 3 aromatic rings. The van der Waals surface area contributed by atoms with Gasteiger partial charge in [0, 0.05) is 11.4 Å². The molecule has 24 heavy (non-hydrogen) atoms. The molecule has 124 valence electrons. The molecule has 3 nitrogen and oxygen atoms in total. The Balaban J connectivity index is 1.68. The largest absolute Gasteiger partial charge is 0.312 e. The highest BCUT2D eigenvalue weighted by atomic mass is 32.1. The summed E-state index contributed by atoms with van der Waals surface area (Å²) in [5.41, 5.74) is 2.11. The van der Waals surface area contributed by atoms with Crippen LogP contribution in [0.15, 0.2) is 47.3 Å². The van der Waals surface area contributed by atoms with Crippen LogP contribution in [0.5, 0.6) is 0 Å². The molecule has 1 aliphatic heterocycles. The van der Waals surface area contributed by atoms with Crippen molar-refractivity contribution in [3.8, 4) is 11.3 Å². The van der Waals surface area contributed by atoms with E-state index in [1.807, 2.05) is 0 Å². The van der Waals surface area contributed by atoms with Crippen LogP contribution >= 0.6 is 11.3 Å². The average molecular weight is 338 g/mol. The van der Waals surface area contributed by atoms with Crippen LogP contribution in [0.1, 0.15) is 30.6 Å². The zero-order valence-corrected chi connectivity index (χ0v) is 14.6. The average Bonchev–Trinajstić information content (AvgIpc) is 2.80. The van der Waals surface area contributed by atoms with Gasteiger partial charge in [-0.1, -0.05) is 60.6 Å². The van der Waals surface area contributed by atoms with E-state index in [2.05, 4.69) is 52.3 Å². The van der Waals surface area contributed by atoms with Gasteiger partial charge in [-0.25, -0.2) is 0 Å². The van der Waals surface area contributed by atoms with Crippen molar-refractivity contribution in [2.24, 2.45) is 0 Å². The first-order valence-corrected chi connectivity index (χ1v) is 9.55. The first kappa shape index (κ1) is 15.6. The number of aromatic amines is 1. The number of likely N-dealkylation sites (tertiary alicyclic amines) is 1. The maximum Gasteiger partial charge on any atom is 0.305 e. The van der Waals surface area contributed by atoms with Gasteiger partial charge in [-0.2, -0.15) is 0 Å². The van der Waals surface area contributed by atoms with E-state index in [9.17, 15) is 4.79 Å². The van der Waals surface area contributed by atoms with Crippen LogP contribution in [0.4, 0.5) is 0 Å². The summed E-state index contributed by atoms with van der Waals surface area (Å²) in [6.07, 6.45) is 5.20. The molecular formula is C20H22N2OS. The van der Waals surface area contributed by atoms with Gasteiger partial charge in [0.15, 0.2) is 0 Å². The van der Waals surface area contributed by atoms with E-state index in [0.717, 1.165) is 35.8 Å². The summed E-state index contributed by atoms with van der Waals surface area (Å²) in [6, 6.07) is 14.8. The predicted octanol–water partition coefficient (Wildman–Crippen LogP) is 4.63. The monoisotopic (exact) mass is 338 g/mol. The highest BCUT2D eigenvalue weighted by molar-refractivity contribution is 7.09. The molecular weight excluding hydrogens is 316 g/mol. The van der Waals surface area contributed by atoms with E-state index < -0.39 is 0 Å². The molecule has 0 aliphatic carbocycles. The van der Waals surface area contributed by atoms with Crippen molar-refractivity contribution in [3.05, 3.63) is 57.0 Å². The van der Waals surface area contributed by atoms with Gasteiger partial charge in [0.1, 0.15) is 0 Å². The highest BCUT2D eigenvalue weighted by Gasteiger charge is 2.16. The molecule has 0 bridgehead atoms. The number of hydrogen-bond acceptors (Lipinski definition) is 3. The summed E-state index contributed by atoms with van der Waals surface area (Å²) in [5.74, 6) is 0. The standard InChI is InChI=1S/C20H22N2OS/c23-20-21-19(17-10-9-15-7-3-4-8-16(15)13-17)18(24-20)14-22-11-5-1-2-6-12-22/h3-4,7-10,13H,1-2,5-6,11-12,14H2,(H,21,23). The van der Waals surface area contributed by atoms with Gasteiger partial charge in [0.2, 0.25) is 0 Å². The molecule has 1 saturated heterocycles. The maximum atomic E-state index is 12.0. The van der Waals surface area contributed by atoms with Crippen LogP contribution in [0.3, 0.4) is 0 Å². The molecule has 0 unspecified atom stereocenters. The summed E-state index contributed by atoms with van der Waals surface area (Å²) in [7, 11) is 0. The lowest BCUT2D eigenvalue weighted by Crippen LogP contribution is -2.23. The Morgan fingerprint density at radius 3 is 2.50 bits per heavy atom. The van der Waals surface area contributed by atoms with Crippen molar-refractivity contribution in [2.45, 2.75) is 32.2 Å². The van der Waals surface area contributed by atoms with Crippen LogP contribution in [0, 0.1) is 0 Å². The number of hydrogen-bond donors (Lipinski definition) is 1. The Morgan fingerprint density at radius 1 is 0.958 bits per heavy atom. The molecule has 0 atom stereocenters. The minimum absolute atomic E-state index is 0.0444. The molecule has 0 saturated carbocycles. The van der Waals surface area contributed by atoms with Crippen molar-refractivity contribution in [1.82, 2.24) is 9.88 Å². The number of rotatable bonds is 3. The van der Waals surface area contributed by atoms with E-state index in [-0.39, 0.29) is 4.87 Å².